The topological polar surface area (TPSA) is 12.5 Å². The first-order chi connectivity index (χ1) is 8.83. The van der Waals surface area contributed by atoms with E-state index < -0.39 is 0 Å². The lowest BCUT2D eigenvalue weighted by molar-refractivity contribution is 0.126. The highest BCUT2D eigenvalue weighted by molar-refractivity contribution is 5.49. The summed E-state index contributed by atoms with van der Waals surface area (Å²) in [7, 11) is 0. The lowest BCUT2D eigenvalue weighted by Crippen LogP contribution is -2.23. The van der Waals surface area contributed by atoms with Crippen molar-refractivity contribution in [2.45, 2.75) is 27.5 Å². The standard InChI is InChI=1S/C16H17NO.CH4/c1-13-5-4-8-16(9-13)17-10-14-6-2-3-7-15(14)11-18-12-17;/h2-9H,10-12H2,1H3;1H4. The van der Waals surface area contributed by atoms with Crippen molar-refractivity contribution < 1.29 is 4.74 Å². The summed E-state index contributed by atoms with van der Waals surface area (Å²) in [4.78, 5) is 2.28. The molecule has 3 rings (SSSR count). The Labute approximate surface area is 115 Å². The van der Waals surface area contributed by atoms with Crippen LogP contribution < -0.4 is 4.90 Å². The number of aryl methyl sites for hydroxylation is 1. The Hall–Kier alpha value is -1.80. The van der Waals surface area contributed by atoms with Crippen molar-refractivity contribution in [3.63, 3.8) is 0 Å². The fourth-order valence-electron chi connectivity index (χ4n) is 2.36. The van der Waals surface area contributed by atoms with Gasteiger partial charge >= 0.3 is 0 Å². The fraction of sp³-hybridized carbons (Fsp3) is 0.294. The first-order valence-corrected chi connectivity index (χ1v) is 6.29. The predicted octanol–water partition coefficient (Wildman–Crippen LogP) is 4.13. The zero-order valence-corrected chi connectivity index (χ0v) is 10.6. The van der Waals surface area contributed by atoms with E-state index in [2.05, 4.69) is 60.4 Å². The Kier molecular flexibility index (Phi) is 4.23. The minimum atomic E-state index is 0. The molecule has 0 bridgehead atoms. The second-order valence-corrected chi connectivity index (χ2v) is 4.78. The zero-order chi connectivity index (χ0) is 12.4. The van der Waals surface area contributed by atoms with Crippen molar-refractivity contribution in [3.8, 4) is 0 Å². The van der Waals surface area contributed by atoms with E-state index >= 15 is 0 Å². The van der Waals surface area contributed by atoms with Gasteiger partial charge in [0.15, 0.2) is 0 Å². The lowest BCUT2D eigenvalue weighted by atomic mass is 10.1. The van der Waals surface area contributed by atoms with E-state index in [1.807, 2.05) is 0 Å². The number of hydrogen-bond donors (Lipinski definition) is 0. The van der Waals surface area contributed by atoms with Gasteiger partial charge in [-0.25, -0.2) is 0 Å². The van der Waals surface area contributed by atoms with Gasteiger partial charge in [0, 0.05) is 12.2 Å². The zero-order valence-electron chi connectivity index (χ0n) is 10.6. The molecular weight excluding hydrogens is 234 g/mol. The van der Waals surface area contributed by atoms with E-state index in [-0.39, 0.29) is 7.43 Å². The average molecular weight is 255 g/mol. The summed E-state index contributed by atoms with van der Waals surface area (Å²) in [6, 6.07) is 17.1. The molecule has 0 saturated heterocycles. The molecule has 0 N–H and O–H groups in total. The van der Waals surface area contributed by atoms with Gasteiger partial charge in [-0.15, -0.1) is 0 Å². The average Bonchev–Trinajstić information content (AvgIpc) is 2.60. The Bertz CT molecular complexity index is 550. The van der Waals surface area contributed by atoms with E-state index in [0.29, 0.717) is 13.3 Å². The molecule has 0 amide bonds. The van der Waals surface area contributed by atoms with E-state index in [0.717, 1.165) is 6.54 Å². The van der Waals surface area contributed by atoms with Crippen LogP contribution in [0.25, 0.3) is 0 Å². The third-order valence-electron chi connectivity index (χ3n) is 3.35. The van der Waals surface area contributed by atoms with Crippen LogP contribution in [0.3, 0.4) is 0 Å². The first kappa shape index (κ1) is 13.6. The highest BCUT2D eigenvalue weighted by atomic mass is 16.5. The third-order valence-corrected chi connectivity index (χ3v) is 3.35. The number of nitrogens with zero attached hydrogens (tertiary/aromatic N) is 1. The molecule has 0 aliphatic carbocycles. The Morgan fingerprint density at radius 2 is 1.79 bits per heavy atom. The molecular formula is C17H21NO. The van der Waals surface area contributed by atoms with Crippen LogP contribution in [-0.4, -0.2) is 6.73 Å². The molecule has 2 nitrogen and oxygen atoms in total. The number of benzene rings is 2. The minimum absolute atomic E-state index is 0. The van der Waals surface area contributed by atoms with Gasteiger partial charge < -0.3 is 9.64 Å². The molecule has 2 aromatic rings. The number of ether oxygens (including phenoxy) is 1. The normalized spacial score (nSPS) is 14.3. The van der Waals surface area contributed by atoms with Crippen molar-refractivity contribution >= 4 is 5.69 Å². The second-order valence-electron chi connectivity index (χ2n) is 4.78. The summed E-state index contributed by atoms with van der Waals surface area (Å²) in [6.45, 7) is 4.40. The third kappa shape index (κ3) is 2.96. The van der Waals surface area contributed by atoms with Crippen molar-refractivity contribution in [1.29, 1.82) is 0 Å². The minimum Gasteiger partial charge on any atom is -0.356 e. The van der Waals surface area contributed by atoms with E-state index in [1.165, 1.54) is 22.4 Å². The van der Waals surface area contributed by atoms with Crippen LogP contribution >= 0.6 is 0 Å². The maximum atomic E-state index is 5.75. The Morgan fingerprint density at radius 1 is 1.00 bits per heavy atom. The number of hydrogen-bond acceptors (Lipinski definition) is 2. The molecule has 0 radical (unpaired) electrons. The molecule has 0 spiro atoms. The van der Waals surface area contributed by atoms with Crippen molar-refractivity contribution in [3.05, 3.63) is 65.2 Å². The van der Waals surface area contributed by atoms with Gasteiger partial charge in [0.2, 0.25) is 0 Å². The summed E-state index contributed by atoms with van der Waals surface area (Å²) in [6.07, 6.45) is 0. The van der Waals surface area contributed by atoms with Gasteiger partial charge in [-0.1, -0.05) is 43.8 Å². The molecule has 100 valence electrons. The predicted molar refractivity (Wildman–Crippen MR) is 80.2 cm³/mol. The van der Waals surface area contributed by atoms with E-state index in [9.17, 15) is 0 Å². The van der Waals surface area contributed by atoms with Crippen LogP contribution in [0.5, 0.6) is 0 Å². The maximum Gasteiger partial charge on any atom is 0.119 e. The largest absolute Gasteiger partial charge is 0.356 e. The Morgan fingerprint density at radius 3 is 2.58 bits per heavy atom. The second kappa shape index (κ2) is 5.89. The van der Waals surface area contributed by atoms with Gasteiger partial charge in [0.25, 0.3) is 0 Å². The summed E-state index contributed by atoms with van der Waals surface area (Å²) in [5, 5.41) is 0. The molecule has 0 atom stereocenters. The first-order valence-electron chi connectivity index (χ1n) is 6.29. The van der Waals surface area contributed by atoms with E-state index in [4.69, 9.17) is 4.74 Å². The van der Waals surface area contributed by atoms with Gasteiger partial charge in [-0.3, -0.25) is 0 Å². The van der Waals surface area contributed by atoms with Gasteiger partial charge in [0.05, 0.1) is 6.61 Å². The highest BCUT2D eigenvalue weighted by Crippen LogP contribution is 2.23. The van der Waals surface area contributed by atoms with Gasteiger partial charge in [0.1, 0.15) is 6.73 Å². The summed E-state index contributed by atoms with van der Waals surface area (Å²) in [5.41, 5.74) is 5.17. The van der Waals surface area contributed by atoms with Gasteiger partial charge in [-0.05, 0) is 35.7 Å². The van der Waals surface area contributed by atoms with Crippen molar-refractivity contribution in [1.82, 2.24) is 0 Å². The molecule has 19 heavy (non-hydrogen) atoms. The van der Waals surface area contributed by atoms with Crippen molar-refractivity contribution in [2.75, 3.05) is 11.6 Å². The molecule has 2 heteroatoms. The van der Waals surface area contributed by atoms with Crippen LogP contribution in [0.2, 0.25) is 0 Å². The lowest BCUT2D eigenvalue weighted by Gasteiger charge is -2.22. The van der Waals surface area contributed by atoms with E-state index in [1.54, 1.807) is 0 Å². The van der Waals surface area contributed by atoms with Crippen LogP contribution in [0.1, 0.15) is 24.1 Å². The van der Waals surface area contributed by atoms with Gasteiger partial charge in [-0.2, -0.15) is 0 Å². The van der Waals surface area contributed by atoms with Crippen LogP contribution in [0.15, 0.2) is 48.5 Å². The highest BCUT2D eigenvalue weighted by Gasteiger charge is 2.14. The smallest absolute Gasteiger partial charge is 0.119 e. The quantitative estimate of drug-likeness (QED) is 0.760. The number of fused-ring (bicyclic) bond motifs is 1. The molecule has 1 aliphatic heterocycles. The molecule has 1 heterocycles. The molecule has 0 saturated carbocycles. The SMILES string of the molecule is C.Cc1cccc(N2COCc3ccccc3C2)c1. The summed E-state index contributed by atoms with van der Waals surface area (Å²) < 4.78 is 5.75. The number of rotatable bonds is 1. The van der Waals surface area contributed by atoms with Crippen molar-refractivity contribution in [2.24, 2.45) is 0 Å². The monoisotopic (exact) mass is 255 g/mol. The molecule has 1 aliphatic rings. The van der Waals surface area contributed by atoms with Crippen LogP contribution in [0.4, 0.5) is 5.69 Å². The number of anilines is 1. The molecule has 0 aromatic heterocycles. The molecule has 0 unspecified atom stereocenters. The summed E-state index contributed by atoms with van der Waals surface area (Å²) >= 11 is 0. The molecule has 2 aromatic carbocycles. The fourth-order valence-corrected chi connectivity index (χ4v) is 2.36. The Balaban J connectivity index is 0.00000133. The van der Waals surface area contributed by atoms with Crippen LogP contribution in [0, 0.1) is 6.92 Å². The maximum absolute atomic E-state index is 5.75. The van der Waals surface area contributed by atoms with Crippen LogP contribution in [-0.2, 0) is 17.9 Å². The molecule has 0 fully saturated rings. The summed E-state index contributed by atoms with van der Waals surface area (Å²) in [5.74, 6) is 0.